The minimum Gasteiger partial charge on any atom is -0.377 e. The number of sulfone groups is 1. The average molecular weight is 278 g/mol. The highest BCUT2D eigenvalue weighted by molar-refractivity contribution is 7.94. The van der Waals surface area contributed by atoms with Crippen molar-refractivity contribution in [1.29, 1.82) is 0 Å². The Kier molecular flexibility index (Phi) is 3.15. The van der Waals surface area contributed by atoms with Crippen LogP contribution in [0.3, 0.4) is 0 Å². The second kappa shape index (κ2) is 4.28. The summed E-state index contributed by atoms with van der Waals surface area (Å²) in [7, 11) is -3.06. The third-order valence-corrected chi connectivity index (χ3v) is 4.44. The topological polar surface area (TPSA) is 46.2 Å². The van der Waals surface area contributed by atoms with Crippen LogP contribution in [0.2, 0.25) is 10.0 Å². The summed E-state index contributed by atoms with van der Waals surface area (Å²) in [5, 5.41) is 5.08. The average Bonchev–Trinajstić information content (AvgIpc) is 2.53. The second-order valence-corrected chi connectivity index (χ2v) is 6.23. The maximum absolute atomic E-state index is 11.2. The van der Waals surface area contributed by atoms with Gasteiger partial charge in [0.2, 0.25) is 0 Å². The number of benzene rings is 1. The van der Waals surface area contributed by atoms with Gasteiger partial charge in [-0.2, -0.15) is 0 Å². The summed E-state index contributed by atoms with van der Waals surface area (Å²) in [5.41, 5.74) is 0.640. The zero-order valence-electron chi connectivity index (χ0n) is 8.15. The van der Waals surface area contributed by atoms with Crippen LogP contribution < -0.4 is 5.32 Å². The zero-order chi connectivity index (χ0) is 11.8. The first-order valence-electron chi connectivity index (χ1n) is 4.59. The molecule has 0 aliphatic carbocycles. The Hall–Kier alpha value is -0.710. The van der Waals surface area contributed by atoms with Gasteiger partial charge in [0.15, 0.2) is 9.84 Å². The van der Waals surface area contributed by atoms with E-state index in [0.717, 1.165) is 0 Å². The van der Waals surface area contributed by atoms with E-state index in [-0.39, 0.29) is 11.8 Å². The Balaban J connectivity index is 2.17. The van der Waals surface area contributed by atoms with Crippen molar-refractivity contribution in [1.82, 2.24) is 0 Å². The molecule has 0 fully saturated rings. The summed E-state index contributed by atoms with van der Waals surface area (Å²) < 4.78 is 22.4. The third kappa shape index (κ3) is 2.51. The Bertz CT molecular complexity index is 540. The van der Waals surface area contributed by atoms with Gasteiger partial charge in [-0.3, -0.25) is 0 Å². The predicted octanol–water partition coefficient (Wildman–Crippen LogP) is 2.72. The minimum atomic E-state index is -3.06. The van der Waals surface area contributed by atoms with Crippen molar-refractivity contribution >= 4 is 38.7 Å². The van der Waals surface area contributed by atoms with Crippen LogP contribution in [0.5, 0.6) is 0 Å². The number of nitrogens with one attached hydrogen (secondary N) is 1. The van der Waals surface area contributed by atoms with Gasteiger partial charge in [0.25, 0.3) is 0 Å². The molecule has 0 amide bonds. The number of hydrogen-bond donors (Lipinski definition) is 1. The van der Waals surface area contributed by atoms with Crippen LogP contribution in [-0.2, 0) is 9.84 Å². The molecule has 1 aliphatic heterocycles. The predicted molar refractivity (Wildman–Crippen MR) is 66.8 cm³/mol. The van der Waals surface area contributed by atoms with Crippen LogP contribution >= 0.6 is 23.2 Å². The number of halogens is 2. The van der Waals surface area contributed by atoms with Gasteiger partial charge < -0.3 is 5.32 Å². The van der Waals surface area contributed by atoms with E-state index in [2.05, 4.69) is 5.32 Å². The van der Waals surface area contributed by atoms with E-state index in [4.69, 9.17) is 23.2 Å². The molecule has 2 rings (SSSR count). The van der Waals surface area contributed by atoms with Gasteiger partial charge in [-0.1, -0.05) is 35.3 Å². The van der Waals surface area contributed by atoms with Crippen molar-refractivity contribution < 1.29 is 8.42 Å². The highest BCUT2D eigenvalue weighted by Crippen LogP contribution is 2.30. The van der Waals surface area contributed by atoms with E-state index in [9.17, 15) is 8.42 Å². The first-order valence-corrected chi connectivity index (χ1v) is 7.06. The summed E-state index contributed by atoms with van der Waals surface area (Å²) in [6.07, 6.45) is 1.60. The molecule has 1 atom stereocenters. The standard InChI is InChI=1S/C10H9Cl2NO2S/c11-8-2-1-3-9(10(8)12)13-7-4-5-16(14,15)6-7/h1-5,7,13H,6H2/t7-/m1/s1. The molecule has 0 saturated carbocycles. The van der Waals surface area contributed by atoms with E-state index < -0.39 is 9.84 Å². The molecule has 6 heteroatoms. The molecule has 0 aromatic heterocycles. The van der Waals surface area contributed by atoms with Crippen LogP contribution in [0.15, 0.2) is 29.7 Å². The molecule has 1 N–H and O–H groups in total. The lowest BCUT2D eigenvalue weighted by Gasteiger charge is -2.13. The molecule has 16 heavy (non-hydrogen) atoms. The van der Waals surface area contributed by atoms with Crippen LogP contribution in [0.1, 0.15) is 0 Å². The SMILES string of the molecule is O=S1(=O)C=C[C@@H](Nc2cccc(Cl)c2Cl)C1. The minimum absolute atomic E-state index is 0.0514. The lowest BCUT2D eigenvalue weighted by molar-refractivity contribution is 0.605. The lowest BCUT2D eigenvalue weighted by atomic mass is 10.2. The smallest absolute Gasteiger partial charge is 0.173 e. The third-order valence-electron chi connectivity index (χ3n) is 2.22. The van der Waals surface area contributed by atoms with E-state index in [1.807, 2.05) is 0 Å². The number of hydrogen-bond acceptors (Lipinski definition) is 3. The maximum Gasteiger partial charge on any atom is 0.173 e. The van der Waals surface area contributed by atoms with E-state index in [1.54, 1.807) is 24.3 Å². The number of anilines is 1. The summed E-state index contributed by atoms with van der Waals surface area (Å²) in [6.45, 7) is 0. The quantitative estimate of drug-likeness (QED) is 0.904. The van der Waals surface area contributed by atoms with Crippen LogP contribution in [-0.4, -0.2) is 20.2 Å². The largest absolute Gasteiger partial charge is 0.377 e. The van der Waals surface area contributed by atoms with Crippen molar-refractivity contribution in [3.8, 4) is 0 Å². The molecular weight excluding hydrogens is 269 g/mol. The van der Waals surface area contributed by atoms with Gasteiger partial charge in [0, 0.05) is 5.41 Å². The van der Waals surface area contributed by atoms with E-state index in [1.165, 1.54) is 5.41 Å². The molecule has 86 valence electrons. The second-order valence-electron chi connectivity index (χ2n) is 3.51. The molecule has 1 aromatic rings. The van der Waals surface area contributed by atoms with Gasteiger partial charge in [-0.25, -0.2) is 8.42 Å². The van der Waals surface area contributed by atoms with Gasteiger partial charge in [-0.05, 0) is 12.1 Å². The fourth-order valence-electron chi connectivity index (χ4n) is 1.48. The van der Waals surface area contributed by atoms with E-state index >= 15 is 0 Å². The summed E-state index contributed by atoms with van der Waals surface area (Å²) in [6, 6.07) is 4.94. The molecule has 0 spiro atoms. The molecule has 0 bridgehead atoms. The fraction of sp³-hybridized carbons (Fsp3) is 0.200. The van der Waals surface area contributed by atoms with Crippen molar-refractivity contribution in [3.05, 3.63) is 39.7 Å². The van der Waals surface area contributed by atoms with Crippen molar-refractivity contribution in [2.75, 3.05) is 11.1 Å². The molecule has 1 heterocycles. The first-order chi connectivity index (χ1) is 7.48. The van der Waals surface area contributed by atoms with Crippen molar-refractivity contribution in [2.45, 2.75) is 6.04 Å². The molecule has 1 aliphatic rings. The molecule has 3 nitrogen and oxygen atoms in total. The fourth-order valence-corrected chi connectivity index (χ4v) is 3.07. The highest BCUT2D eigenvalue weighted by atomic mass is 35.5. The summed E-state index contributed by atoms with van der Waals surface area (Å²) in [4.78, 5) is 0. The van der Waals surface area contributed by atoms with Crippen LogP contribution in [0.4, 0.5) is 5.69 Å². The molecular formula is C10H9Cl2NO2S. The van der Waals surface area contributed by atoms with Gasteiger partial charge in [0.1, 0.15) is 0 Å². The maximum atomic E-state index is 11.2. The first kappa shape index (κ1) is 11.8. The Morgan fingerprint density at radius 2 is 2.06 bits per heavy atom. The normalized spacial score (nSPS) is 22.2. The van der Waals surface area contributed by atoms with Crippen molar-refractivity contribution in [3.63, 3.8) is 0 Å². The molecule has 0 radical (unpaired) electrons. The Morgan fingerprint density at radius 3 is 2.69 bits per heavy atom. The van der Waals surface area contributed by atoms with Crippen LogP contribution in [0, 0.1) is 0 Å². The Morgan fingerprint density at radius 1 is 1.31 bits per heavy atom. The number of rotatable bonds is 2. The summed E-state index contributed by atoms with van der Waals surface area (Å²) >= 11 is 11.8. The monoisotopic (exact) mass is 277 g/mol. The molecule has 1 aromatic carbocycles. The Labute approximate surface area is 104 Å². The van der Waals surface area contributed by atoms with Crippen LogP contribution in [0.25, 0.3) is 0 Å². The molecule has 0 saturated heterocycles. The van der Waals surface area contributed by atoms with Crippen molar-refractivity contribution in [2.24, 2.45) is 0 Å². The highest BCUT2D eigenvalue weighted by Gasteiger charge is 2.22. The van der Waals surface area contributed by atoms with E-state index in [0.29, 0.717) is 15.7 Å². The van der Waals surface area contributed by atoms with Gasteiger partial charge in [-0.15, -0.1) is 0 Å². The van der Waals surface area contributed by atoms with Gasteiger partial charge in [0.05, 0.1) is 27.5 Å². The summed E-state index contributed by atoms with van der Waals surface area (Å²) in [5.74, 6) is 0.0514. The van der Waals surface area contributed by atoms with Gasteiger partial charge >= 0.3 is 0 Å². The zero-order valence-corrected chi connectivity index (χ0v) is 10.5. The lowest BCUT2D eigenvalue weighted by Crippen LogP contribution is -2.21. The molecule has 0 unspecified atom stereocenters.